The van der Waals surface area contributed by atoms with Crippen LogP contribution in [0.25, 0.3) is 0 Å². The van der Waals surface area contributed by atoms with Crippen LogP contribution in [0.3, 0.4) is 0 Å². The minimum absolute atomic E-state index is 0.0275. The number of methoxy groups -OCH3 is 2. The number of halogens is 1. The van der Waals surface area contributed by atoms with Gasteiger partial charge in [-0.3, -0.25) is 0 Å². The summed E-state index contributed by atoms with van der Waals surface area (Å²) in [5, 5.41) is -0.0664. The van der Waals surface area contributed by atoms with Crippen molar-refractivity contribution in [1.82, 2.24) is 0 Å². The molecule has 11 heteroatoms. The number of rotatable bonds is 6. The van der Waals surface area contributed by atoms with Crippen molar-refractivity contribution in [3.63, 3.8) is 0 Å². The molecule has 0 atom stereocenters. The minimum atomic E-state index is -4.03. The van der Waals surface area contributed by atoms with Crippen LogP contribution in [0.1, 0.15) is 0 Å². The van der Waals surface area contributed by atoms with Crippen molar-refractivity contribution in [2.24, 2.45) is 8.80 Å². The lowest BCUT2D eigenvalue weighted by Crippen LogP contribution is -2.10. The zero-order valence-electron chi connectivity index (χ0n) is 16.4. The molecule has 0 amide bonds. The van der Waals surface area contributed by atoms with Crippen molar-refractivity contribution in [2.45, 2.75) is 9.79 Å². The highest BCUT2D eigenvalue weighted by molar-refractivity contribution is 7.90. The predicted octanol–water partition coefficient (Wildman–Crippen LogP) is 3.36. The van der Waals surface area contributed by atoms with Crippen LogP contribution < -0.4 is 9.47 Å². The van der Waals surface area contributed by atoms with Crippen molar-refractivity contribution in [3.05, 3.63) is 71.8 Å². The van der Waals surface area contributed by atoms with Crippen molar-refractivity contribution in [1.29, 1.82) is 0 Å². The molecule has 2 aromatic carbocycles. The van der Waals surface area contributed by atoms with E-state index < -0.39 is 20.0 Å². The summed E-state index contributed by atoms with van der Waals surface area (Å²) in [5.41, 5.74) is -0.0140. The van der Waals surface area contributed by atoms with Crippen LogP contribution in [0.2, 0.25) is 0 Å². The number of allylic oxidation sites excluding steroid dienone is 4. The summed E-state index contributed by atoms with van der Waals surface area (Å²) in [6, 6.07) is 11.4. The third-order valence-electron chi connectivity index (χ3n) is 4.09. The van der Waals surface area contributed by atoms with Crippen LogP contribution in [0.5, 0.6) is 11.5 Å². The summed E-state index contributed by atoms with van der Waals surface area (Å²) in [7, 11) is -5.10. The van der Waals surface area contributed by atoms with Crippen molar-refractivity contribution < 1.29 is 26.3 Å². The molecule has 31 heavy (non-hydrogen) atoms. The molecule has 1 aliphatic rings. The van der Waals surface area contributed by atoms with Gasteiger partial charge in [-0.1, -0.05) is 11.6 Å². The van der Waals surface area contributed by atoms with Crippen LogP contribution in [0.4, 0.5) is 0 Å². The van der Waals surface area contributed by atoms with E-state index in [2.05, 4.69) is 8.80 Å². The number of sulfonamides is 2. The van der Waals surface area contributed by atoms with Crippen LogP contribution in [-0.4, -0.2) is 42.5 Å². The molecule has 0 spiro atoms. The molecule has 0 saturated heterocycles. The first-order valence-electron chi connectivity index (χ1n) is 8.68. The lowest BCUT2D eigenvalue weighted by molar-refractivity contribution is 0.414. The summed E-state index contributed by atoms with van der Waals surface area (Å²) in [5.74, 6) is 1.01. The Kier molecular flexibility index (Phi) is 6.63. The van der Waals surface area contributed by atoms with Crippen molar-refractivity contribution >= 4 is 43.1 Å². The molecule has 8 nitrogen and oxygen atoms in total. The number of hydrogen-bond donors (Lipinski definition) is 0. The molecule has 2 aromatic rings. The van der Waals surface area contributed by atoms with E-state index in [1.54, 1.807) is 0 Å². The first kappa shape index (κ1) is 22.7. The van der Waals surface area contributed by atoms with Gasteiger partial charge in [0.2, 0.25) is 0 Å². The van der Waals surface area contributed by atoms with Gasteiger partial charge < -0.3 is 9.47 Å². The standard InChI is InChI=1S/C20H17ClN2O6S2/c1-28-15-4-8-17(9-5-15)30(24,25)22-14-3-12-20(19(21)13-14)23-31(26,27)18-10-6-16(29-2)7-11-18/h3-13H,1-2H3/b22-14+,23-20+. The normalized spacial score (nSPS) is 16.9. The molecule has 0 aromatic heterocycles. The molecule has 0 saturated carbocycles. The van der Waals surface area contributed by atoms with Gasteiger partial charge in [-0.25, -0.2) is 0 Å². The van der Waals surface area contributed by atoms with Gasteiger partial charge in [0, 0.05) is 0 Å². The maximum absolute atomic E-state index is 12.5. The predicted molar refractivity (Wildman–Crippen MR) is 118 cm³/mol. The summed E-state index contributed by atoms with van der Waals surface area (Å²) >= 11 is 6.14. The SMILES string of the molecule is COc1ccc(S(=O)(=O)/N=C2C=C/C(=N\S(=O)(=O)c3ccc(OC)cc3)C(Cl)=C\2)cc1. The van der Waals surface area contributed by atoms with E-state index >= 15 is 0 Å². The van der Waals surface area contributed by atoms with E-state index in [-0.39, 0.29) is 26.2 Å². The van der Waals surface area contributed by atoms with Crippen LogP contribution in [0.15, 0.2) is 90.4 Å². The molecule has 162 valence electrons. The Hall–Kier alpha value is -2.95. The highest BCUT2D eigenvalue weighted by Gasteiger charge is 2.19. The smallest absolute Gasteiger partial charge is 0.282 e. The van der Waals surface area contributed by atoms with E-state index in [9.17, 15) is 16.8 Å². The fourth-order valence-corrected chi connectivity index (χ4v) is 4.74. The Morgan fingerprint density at radius 2 is 1.16 bits per heavy atom. The summed E-state index contributed by atoms with van der Waals surface area (Å²) in [6.45, 7) is 0. The first-order valence-corrected chi connectivity index (χ1v) is 11.9. The third-order valence-corrected chi connectivity index (χ3v) is 7.02. The van der Waals surface area contributed by atoms with E-state index in [0.29, 0.717) is 11.5 Å². The van der Waals surface area contributed by atoms with Gasteiger partial charge in [-0.15, -0.1) is 0 Å². The largest absolute Gasteiger partial charge is 0.497 e. The van der Waals surface area contributed by atoms with Crippen LogP contribution in [-0.2, 0) is 20.0 Å². The number of hydrogen-bond acceptors (Lipinski definition) is 6. The van der Waals surface area contributed by atoms with Gasteiger partial charge in [0.25, 0.3) is 20.0 Å². The summed E-state index contributed by atoms with van der Waals surface area (Å²) < 4.78 is 67.5. The number of ether oxygens (including phenoxy) is 2. The van der Waals surface area contributed by atoms with Crippen LogP contribution in [0, 0.1) is 0 Å². The molecular weight excluding hydrogens is 464 g/mol. The molecule has 0 bridgehead atoms. The Morgan fingerprint density at radius 3 is 1.58 bits per heavy atom. The molecule has 1 aliphatic carbocycles. The Morgan fingerprint density at radius 1 is 0.710 bits per heavy atom. The quantitative estimate of drug-likeness (QED) is 0.586. The lowest BCUT2D eigenvalue weighted by atomic mass is 10.1. The first-order chi connectivity index (χ1) is 14.6. The Labute approximate surface area is 185 Å². The van der Waals surface area contributed by atoms with E-state index in [1.807, 2.05) is 0 Å². The van der Waals surface area contributed by atoms with Gasteiger partial charge in [-0.05, 0) is 66.8 Å². The number of benzene rings is 2. The Balaban J connectivity index is 1.87. The molecule has 0 heterocycles. The van der Waals surface area contributed by atoms with Gasteiger partial charge in [0.15, 0.2) is 0 Å². The van der Waals surface area contributed by atoms with Crippen molar-refractivity contribution in [2.75, 3.05) is 14.2 Å². The second-order valence-electron chi connectivity index (χ2n) is 6.12. The molecule has 3 rings (SSSR count). The summed E-state index contributed by atoms with van der Waals surface area (Å²) in [6.07, 6.45) is 3.83. The zero-order valence-corrected chi connectivity index (χ0v) is 18.8. The molecule has 0 unspecified atom stereocenters. The van der Waals surface area contributed by atoms with Gasteiger partial charge in [0.1, 0.15) is 11.5 Å². The highest BCUT2D eigenvalue weighted by atomic mass is 35.5. The van der Waals surface area contributed by atoms with Gasteiger partial charge in [-0.2, -0.15) is 25.6 Å². The van der Waals surface area contributed by atoms with Gasteiger partial charge >= 0.3 is 0 Å². The average Bonchev–Trinajstić information content (AvgIpc) is 2.75. The lowest BCUT2D eigenvalue weighted by Gasteiger charge is -2.08. The minimum Gasteiger partial charge on any atom is -0.497 e. The fourth-order valence-electron chi connectivity index (χ4n) is 2.50. The molecule has 0 radical (unpaired) electrons. The maximum atomic E-state index is 12.5. The van der Waals surface area contributed by atoms with Gasteiger partial charge in [0.05, 0.1) is 40.5 Å². The Bertz CT molecular complexity index is 1310. The third kappa shape index (κ3) is 5.40. The highest BCUT2D eigenvalue weighted by Crippen LogP contribution is 2.22. The topological polar surface area (TPSA) is 111 Å². The molecule has 0 aliphatic heterocycles. The fraction of sp³-hybridized carbons (Fsp3) is 0.100. The zero-order chi connectivity index (χ0) is 22.6. The van der Waals surface area contributed by atoms with E-state index in [4.69, 9.17) is 21.1 Å². The summed E-state index contributed by atoms with van der Waals surface area (Å²) in [4.78, 5) is -0.0690. The maximum Gasteiger partial charge on any atom is 0.282 e. The second kappa shape index (κ2) is 9.04. The monoisotopic (exact) mass is 480 g/mol. The average molecular weight is 481 g/mol. The molecule has 0 fully saturated rings. The molecule has 0 N–H and O–H groups in total. The van der Waals surface area contributed by atoms with E-state index in [1.165, 1.54) is 81.0 Å². The van der Waals surface area contributed by atoms with Crippen LogP contribution >= 0.6 is 11.6 Å². The second-order valence-corrected chi connectivity index (χ2v) is 9.73. The molecular formula is C20H17ClN2O6S2. The number of nitrogens with zero attached hydrogens (tertiary/aromatic N) is 2. The van der Waals surface area contributed by atoms with E-state index in [0.717, 1.165) is 0 Å². The van der Waals surface area contributed by atoms with Crippen molar-refractivity contribution in [3.8, 4) is 11.5 Å².